The first kappa shape index (κ1) is 8.08. The van der Waals surface area contributed by atoms with E-state index >= 15 is 0 Å². The molecule has 0 aliphatic heterocycles. The zero-order valence-corrected chi connectivity index (χ0v) is 8.64. The van der Waals surface area contributed by atoms with Gasteiger partial charge in [0.15, 0.2) is 0 Å². The van der Waals surface area contributed by atoms with Crippen molar-refractivity contribution in [2.75, 3.05) is 0 Å². The van der Waals surface area contributed by atoms with E-state index < -0.39 is 0 Å². The van der Waals surface area contributed by atoms with Crippen molar-refractivity contribution in [3.05, 3.63) is 46.5 Å². The van der Waals surface area contributed by atoms with Gasteiger partial charge in [-0.25, -0.2) is 0 Å². The molecule has 3 heteroatoms. The maximum absolute atomic E-state index is 5.28. The number of halogens is 1. The predicted octanol–water partition coefficient (Wildman–Crippen LogP) is 3.83. The summed E-state index contributed by atoms with van der Waals surface area (Å²) in [6.45, 7) is 0. The van der Waals surface area contributed by atoms with Crippen LogP contribution in [0.5, 0.6) is 0 Å². The number of furan rings is 1. The topological polar surface area (TPSA) is 13.1 Å². The first-order valence-corrected chi connectivity index (χ1v) is 5.38. The summed E-state index contributed by atoms with van der Waals surface area (Å²) in [5.74, 6) is 0.956. The maximum atomic E-state index is 5.28. The smallest absolute Gasteiger partial charge is 0.122 e. The molecular weight excluding hydrogens is 236 g/mol. The Morgan fingerprint density at radius 2 is 2.25 bits per heavy atom. The van der Waals surface area contributed by atoms with E-state index in [1.807, 2.05) is 18.2 Å². The third kappa shape index (κ3) is 1.47. The lowest BCUT2D eigenvalue weighted by Gasteiger charge is -2.01. The Morgan fingerprint density at radius 1 is 1.33 bits per heavy atom. The van der Waals surface area contributed by atoms with Gasteiger partial charge in [0.25, 0.3) is 0 Å². The molecule has 1 nitrogen and oxygen atoms in total. The summed E-state index contributed by atoms with van der Waals surface area (Å²) in [6.07, 6.45) is 1.69. The summed E-state index contributed by atoms with van der Waals surface area (Å²) < 4.78 is 5.28. The van der Waals surface area contributed by atoms with Gasteiger partial charge in [0.05, 0.1) is 6.26 Å². The molecule has 0 radical (unpaired) electrons. The molecule has 0 fully saturated rings. The molecule has 0 amide bonds. The van der Waals surface area contributed by atoms with Crippen LogP contribution in [0.3, 0.4) is 0 Å². The summed E-state index contributed by atoms with van der Waals surface area (Å²) in [5.41, 5.74) is 0. The summed E-state index contributed by atoms with van der Waals surface area (Å²) >= 11 is 5.29. The Balaban J connectivity index is 2.27. The van der Waals surface area contributed by atoms with Gasteiger partial charge in [-0.05, 0) is 23.6 Å². The second-order valence-electron chi connectivity index (χ2n) is 2.39. The fraction of sp³-hybridized carbons (Fsp3) is 0.111. The van der Waals surface area contributed by atoms with Crippen molar-refractivity contribution in [3.8, 4) is 0 Å². The molecule has 2 rings (SSSR count). The van der Waals surface area contributed by atoms with E-state index in [2.05, 4.69) is 27.4 Å². The van der Waals surface area contributed by atoms with Gasteiger partial charge in [0, 0.05) is 4.88 Å². The van der Waals surface area contributed by atoms with E-state index in [4.69, 9.17) is 4.42 Å². The van der Waals surface area contributed by atoms with Crippen molar-refractivity contribution < 1.29 is 4.42 Å². The fourth-order valence-corrected chi connectivity index (χ4v) is 2.46. The van der Waals surface area contributed by atoms with E-state index in [0.29, 0.717) is 0 Å². The second-order valence-corrected chi connectivity index (χ2v) is 4.29. The normalized spacial score (nSPS) is 13.1. The standard InChI is InChI=1S/C9H7BrOS/c10-9(7-3-1-5-11-7)8-4-2-6-12-8/h1-6,9H. The first-order valence-electron chi connectivity index (χ1n) is 3.59. The molecule has 0 saturated heterocycles. The Kier molecular flexibility index (Phi) is 2.33. The Labute approximate surface area is 83.2 Å². The van der Waals surface area contributed by atoms with Gasteiger partial charge >= 0.3 is 0 Å². The van der Waals surface area contributed by atoms with E-state index in [9.17, 15) is 0 Å². The van der Waals surface area contributed by atoms with E-state index in [1.165, 1.54) is 4.88 Å². The molecule has 0 saturated carbocycles. The molecule has 2 aromatic heterocycles. The van der Waals surface area contributed by atoms with Crippen LogP contribution in [0.25, 0.3) is 0 Å². The van der Waals surface area contributed by atoms with Crippen molar-refractivity contribution in [3.63, 3.8) is 0 Å². The van der Waals surface area contributed by atoms with Crippen molar-refractivity contribution in [2.45, 2.75) is 4.83 Å². The molecule has 2 aromatic rings. The van der Waals surface area contributed by atoms with Crippen LogP contribution in [0.15, 0.2) is 40.3 Å². The quantitative estimate of drug-likeness (QED) is 0.730. The molecule has 1 atom stereocenters. The first-order chi connectivity index (χ1) is 5.88. The average Bonchev–Trinajstić information content (AvgIpc) is 2.77. The number of hydrogen-bond donors (Lipinski definition) is 0. The largest absolute Gasteiger partial charge is 0.468 e. The Morgan fingerprint density at radius 3 is 2.83 bits per heavy atom. The van der Waals surface area contributed by atoms with Gasteiger partial charge in [0.2, 0.25) is 0 Å². The maximum Gasteiger partial charge on any atom is 0.122 e. The van der Waals surface area contributed by atoms with Gasteiger partial charge in [-0.15, -0.1) is 11.3 Å². The molecule has 12 heavy (non-hydrogen) atoms. The number of thiophene rings is 1. The Hall–Kier alpha value is -0.540. The Bertz CT molecular complexity index is 291. The van der Waals surface area contributed by atoms with Gasteiger partial charge in [0.1, 0.15) is 10.6 Å². The average molecular weight is 243 g/mol. The van der Waals surface area contributed by atoms with Crippen molar-refractivity contribution >= 4 is 27.3 Å². The molecule has 0 N–H and O–H groups in total. The third-order valence-electron chi connectivity index (χ3n) is 1.59. The molecule has 0 spiro atoms. The van der Waals surface area contributed by atoms with Crippen LogP contribution >= 0.6 is 27.3 Å². The minimum Gasteiger partial charge on any atom is -0.468 e. The predicted molar refractivity (Wildman–Crippen MR) is 53.8 cm³/mol. The molecule has 2 heterocycles. The lowest BCUT2D eigenvalue weighted by molar-refractivity contribution is 0.521. The van der Waals surface area contributed by atoms with Crippen LogP contribution in [0.2, 0.25) is 0 Å². The van der Waals surface area contributed by atoms with Gasteiger partial charge in [-0.3, -0.25) is 0 Å². The second kappa shape index (κ2) is 3.46. The number of rotatable bonds is 2. The molecule has 0 aliphatic carbocycles. The highest BCUT2D eigenvalue weighted by Crippen LogP contribution is 2.33. The van der Waals surface area contributed by atoms with Crippen LogP contribution in [0, 0.1) is 0 Å². The van der Waals surface area contributed by atoms with E-state index in [1.54, 1.807) is 17.6 Å². The van der Waals surface area contributed by atoms with E-state index in [0.717, 1.165) is 5.76 Å². The zero-order chi connectivity index (χ0) is 8.39. The molecule has 0 bridgehead atoms. The summed E-state index contributed by atoms with van der Waals surface area (Å²) in [7, 11) is 0. The molecule has 0 aromatic carbocycles. The van der Waals surface area contributed by atoms with Crippen LogP contribution < -0.4 is 0 Å². The van der Waals surface area contributed by atoms with Crippen LogP contribution in [0.4, 0.5) is 0 Å². The SMILES string of the molecule is BrC(c1ccco1)c1cccs1. The molecular formula is C9H7BrOS. The highest BCUT2D eigenvalue weighted by molar-refractivity contribution is 9.09. The molecule has 62 valence electrons. The monoisotopic (exact) mass is 242 g/mol. The van der Waals surface area contributed by atoms with Crippen LogP contribution in [-0.2, 0) is 0 Å². The summed E-state index contributed by atoms with van der Waals surface area (Å²) in [6, 6.07) is 8.00. The van der Waals surface area contributed by atoms with Gasteiger partial charge < -0.3 is 4.42 Å². The van der Waals surface area contributed by atoms with Gasteiger partial charge in [-0.1, -0.05) is 22.0 Å². The summed E-state index contributed by atoms with van der Waals surface area (Å²) in [5, 5.41) is 2.06. The summed E-state index contributed by atoms with van der Waals surface area (Å²) in [4.78, 5) is 1.47. The lowest BCUT2D eigenvalue weighted by Crippen LogP contribution is -1.84. The fourth-order valence-electron chi connectivity index (χ4n) is 1.01. The zero-order valence-electron chi connectivity index (χ0n) is 6.24. The van der Waals surface area contributed by atoms with Crippen LogP contribution in [0.1, 0.15) is 15.5 Å². The van der Waals surface area contributed by atoms with Crippen molar-refractivity contribution in [2.24, 2.45) is 0 Å². The van der Waals surface area contributed by atoms with Crippen molar-refractivity contribution in [1.82, 2.24) is 0 Å². The third-order valence-corrected chi connectivity index (χ3v) is 3.77. The highest BCUT2D eigenvalue weighted by Gasteiger charge is 2.12. The van der Waals surface area contributed by atoms with Crippen molar-refractivity contribution in [1.29, 1.82) is 0 Å². The molecule has 0 aliphatic rings. The number of hydrogen-bond acceptors (Lipinski definition) is 2. The number of alkyl halides is 1. The van der Waals surface area contributed by atoms with Gasteiger partial charge in [-0.2, -0.15) is 0 Å². The molecule has 1 unspecified atom stereocenters. The van der Waals surface area contributed by atoms with Crippen LogP contribution in [-0.4, -0.2) is 0 Å². The highest BCUT2D eigenvalue weighted by atomic mass is 79.9. The van der Waals surface area contributed by atoms with E-state index in [-0.39, 0.29) is 4.83 Å². The lowest BCUT2D eigenvalue weighted by atomic mass is 10.3. The minimum absolute atomic E-state index is 0.201. The minimum atomic E-state index is 0.201.